The third-order valence-electron chi connectivity index (χ3n) is 4.19. The van der Waals surface area contributed by atoms with Gasteiger partial charge < -0.3 is 10.1 Å². The molecule has 2 aromatic rings. The molecule has 1 aliphatic rings. The molecule has 4 heteroatoms. The van der Waals surface area contributed by atoms with Crippen LogP contribution in [-0.4, -0.2) is 29.2 Å². The molecule has 1 aromatic carbocycles. The third kappa shape index (κ3) is 3.50. The van der Waals surface area contributed by atoms with Crippen molar-refractivity contribution in [1.82, 2.24) is 15.3 Å². The Bertz CT molecular complexity index is 621. The van der Waals surface area contributed by atoms with Gasteiger partial charge in [-0.25, -0.2) is 9.97 Å². The van der Waals surface area contributed by atoms with Crippen molar-refractivity contribution >= 4 is 11.0 Å². The van der Waals surface area contributed by atoms with Crippen molar-refractivity contribution in [2.24, 2.45) is 0 Å². The number of benzene rings is 1. The second-order valence-corrected chi connectivity index (χ2v) is 5.83. The first-order valence-electron chi connectivity index (χ1n) is 7.83. The molecule has 4 nitrogen and oxygen atoms in total. The van der Waals surface area contributed by atoms with Gasteiger partial charge in [-0.3, -0.25) is 0 Å². The number of piperidine rings is 1. The van der Waals surface area contributed by atoms with Crippen LogP contribution in [0.3, 0.4) is 0 Å². The number of aromatic nitrogens is 2. The molecule has 112 valence electrons. The van der Waals surface area contributed by atoms with E-state index in [0.29, 0.717) is 6.04 Å². The van der Waals surface area contributed by atoms with Gasteiger partial charge in [0.1, 0.15) is 5.75 Å². The lowest BCUT2D eigenvalue weighted by atomic mass is 10.0. The molecule has 1 N–H and O–H groups in total. The number of rotatable bonds is 4. The lowest BCUT2D eigenvalue weighted by Gasteiger charge is -2.23. The monoisotopic (exact) mass is 285 g/mol. The van der Waals surface area contributed by atoms with Crippen molar-refractivity contribution in [1.29, 1.82) is 0 Å². The Morgan fingerprint density at radius 1 is 1.14 bits per heavy atom. The van der Waals surface area contributed by atoms with Crippen molar-refractivity contribution in [3.8, 4) is 5.75 Å². The zero-order valence-corrected chi connectivity index (χ0v) is 12.9. The lowest BCUT2D eigenvalue weighted by Crippen LogP contribution is -2.35. The summed E-state index contributed by atoms with van der Waals surface area (Å²) in [7, 11) is 0. The number of fused-ring (bicyclic) bond motifs is 1. The van der Waals surface area contributed by atoms with Crippen molar-refractivity contribution in [2.45, 2.75) is 45.6 Å². The molecule has 0 bridgehead atoms. The minimum atomic E-state index is 0.615. The summed E-state index contributed by atoms with van der Waals surface area (Å²) in [6, 6.07) is 6.58. The molecular formula is C17H23N3O. The number of hydrogen-bond donors (Lipinski definition) is 1. The summed E-state index contributed by atoms with van der Waals surface area (Å²) in [5.74, 6) is 0.885. The summed E-state index contributed by atoms with van der Waals surface area (Å²) in [6.07, 6.45) is 4.98. The summed E-state index contributed by atoms with van der Waals surface area (Å²) < 4.78 is 5.88. The number of nitrogens with one attached hydrogen (secondary N) is 1. The van der Waals surface area contributed by atoms with Gasteiger partial charge in [-0.1, -0.05) is 6.42 Å². The second-order valence-electron chi connectivity index (χ2n) is 5.83. The van der Waals surface area contributed by atoms with Gasteiger partial charge in [0.15, 0.2) is 0 Å². The predicted octanol–water partition coefficient (Wildman–Crippen LogP) is 3.16. The average molecular weight is 285 g/mol. The largest absolute Gasteiger partial charge is 0.493 e. The second kappa shape index (κ2) is 6.39. The molecule has 0 aliphatic carbocycles. The van der Waals surface area contributed by atoms with Crippen LogP contribution in [0.1, 0.15) is 37.1 Å². The average Bonchev–Trinajstić information content (AvgIpc) is 2.50. The smallest absolute Gasteiger partial charge is 0.121 e. The van der Waals surface area contributed by atoms with E-state index in [1.165, 1.54) is 19.3 Å². The third-order valence-corrected chi connectivity index (χ3v) is 4.19. The molecule has 0 saturated carbocycles. The van der Waals surface area contributed by atoms with Gasteiger partial charge in [-0.05, 0) is 51.8 Å². The van der Waals surface area contributed by atoms with Crippen LogP contribution in [0.5, 0.6) is 5.75 Å². The van der Waals surface area contributed by atoms with Crippen molar-refractivity contribution < 1.29 is 4.74 Å². The van der Waals surface area contributed by atoms with Crippen LogP contribution in [0.4, 0.5) is 0 Å². The standard InChI is InChI=1S/C17H23N3O/c1-12-13(2)20-17-11-15(6-7-16(17)19-12)21-10-8-14-5-3-4-9-18-14/h6-7,11,14,18H,3-5,8-10H2,1-2H3. The van der Waals surface area contributed by atoms with Crippen LogP contribution in [0.15, 0.2) is 18.2 Å². The highest BCUT2D eigenvalue weighted by Crippen LogP contribution is 2.20. The first kappa shape index (κ1) is 14.3. The van der Waals surface area contributed by atoms with E-state index in [1.54, 1.807) is 0 Å². The highest BCUT2D eigenvalue weighted by molar-refractivity contribution is 5.76. The fourth-order valence-electron chi connectivity index (χ4n) is 2.79. The molecule has 2 heterocycles. The fraction of sp³-hybridized carbons (Fsp3) is 0.529. The van der Waals surface area contributed by atoms with Crippen LogP contribution < -0.4 is 10.1 Å². The number of ether oxygens (including phenoxy) is 1. The van der Waals surface area contributed by atoms with E-state index in [9.17, 15) is 0 Å². The van der Waals surface area contributed by atoms with Gasteiger partial charge in [0.05, 0.1) is 29.0 Å². The first-order valence-corrected chi connectivity index (χ1v) is 7.83. The van der Waals surface area contributed by atoms with Crippen LogP contribution in [-0.2, 0) is 0 Å². The van der Waals surface area contributed by atoms with Crippen molar-refractivity contribution in [3.63, 3.8) is 0 Å². The highest BCUT2D eigenvalue weighted by Gasteiger charge is 2.12. The molecule has 1 fully saturated rings. The highest BCUT2D eigenvalue weighted by atomic mass is 16.5. The summed E-state index contributed by atoms with van der Waals surface area (Å²) in [5, 5.41) is 3.55. The lowest BCUT2D eigenvalue weighted by molar-refractivity contribution is 0.268. The van der Waals surface area contributed by atoms with Gasteiger partial charge in [0.2, 0.25) is 0 Å². The SMILES string of the molecule is Cc1nc2ccc(OCCC3CCCCN3)cc2nc1C. The van der Waals surface area contributed by atoms with E-state index in [2.05, 4.69) is 15.3 Å². The molecule has 1 unspecified atom stereocenters. The molecule has 0 amide bonds. The number of aryl methyl sites for hydroxylation is 2. The van der Waals surface area contributed by atoms with Crippen molar-refractivity contribution in [2.75, 3.05) is 13.2 Å². The Morgan fingerprint density at radius 2 is 1.95 bits per heavy atom. The van der Waals surface area contributed by atoms with Gasteiger partial charge in [0, 0.05) is 12.1 Å². The number of nitrogens with zero attached hydrogens (tertiary/aromatic N) is 2. The minimum Gasteiger partial charge on any atom is -0.493 e. The van der Waals surface area contributed by atoms with E-state index in [1.807, 2.05) is 32.0 Å². The maximum absolute atomic E-state index is 5.88. The Labute approximate surface area is 125 Å². The normalized spacial score (nSPS) is 18.9. The van der Waals surface area contributed by atoms with E-state index in [4.69, 9.17) is 4.74 Å². The molecule has 0 spiro atoms. The Balaban J connectivity index is 1.62. The molecule has 21 heavy (non-hydrogen) atoms. The first-order chi connectivity index (χ1) is 10.2. The Hall–Kier alpha value is -1.68. The topological polar surface area (TPSA) is 47.0 Å². The summed E-state index contributed by atoms with van der Waals surface area (Å²) in [5.41, 5.74) is 3.80. The van der Waals surface area contributed by atoms with Crippen LogP contribution in [0.25, 0.3) is 11.0 Å². The zero-order chi connectivity index (χ0) is 14.7. The Morgan fingerprint density at radius 3 is 2.71 bits per heavy atom. The maximum Gasteiger partial charge on any atom is 0.121 e. The summed E-state index contributed by atoms with van der Waals surface area (Å²) in [6.45, 7) is 5.88. The van der Waals surface area contributed by atoms with E-state index in [0.717, 1.165) is 47.7 Å². The van der Waals surface area contributed by atoms with Crippen LogP contribution in [0, 0.1) is 13.8 Å². The number of hydrogen-bond acceptors (Lipinski definition) is 4. The summed E-state index contributed by atoms with van der Waals surface area (Å²) >= 11 is 0. The minimum absolute atomic E-state index is 0.615. The molecule has 3 rings (SSSR count). The Kier molecular flexibility index (Phi) is 4.34. The molecule has 1 saturated heterocycles. The predicted molar refractivity (Wildman–Crippen MR) is 84.8 cm³/mol. The van der Waals surface area contributed by atoms with E-state index >= 15 is 0 Å². The summed E-state index contributed by atoms with van der Waals surface area (Å²) in [4.78, 5) is 9.12. The van der Waals surface area contributed by atoms with Crippen LogP contribution >= 0.6 is 0 Å². The van der Waals surface area contributed by atoms with E-state index < -0.39 is 0 Å². The van der Waals surface area contributed by atoms with E-state index in [-0.39, 0.29) is 0 Å². The molecule has 1 aliphatic heterocycles. The van der Waals surface area contributed by atoms with Gasteiger partial charge in [0.25, 0.3) is 0 Å². The fourth-order valence-corrected chi connectivity index (χ4v) is 2.79. The van der Waals surface area contributed by atoms with Gasteiger partial charge >= 0.3 is 0 Å². The molecular weight excluding hydrogens is 262 g/mol. The van der Waals surface area contributed by atoms with Gasteiger partial charge in [-0.2, -0.15) is 0 Å². The van der Waals surface area contributed by atoms with Crippen LogP contribution in [0.2, 0.25) is 0 Å². The van der Waals surface area contributed by atoms with Gasteiger partial charge in [-0.15, -0.1) is 0 Å². The molecule has 1 atom stereocenters. The molecule has 1 aromatic heterocycles. The van der Waals surface area contributed by atoms with Crippen molar-refractivity contribution in [3.05, 3.63) is 29.6 Å². The zero-order valence-electron chi connectivity index (χ0n) is 12.9. The quantitative estimate of drug-likeness (QED) is 0.937. The maximum atomic E-state index is 5.88. The molecule has 0 radical (unpaired) electrons.